The predicted octanol–water partition coefficient (Wildman–Crippen LogP) is 2.85. The van der Waals surface area contributed by atoms with Gasteiger partial charge in [0, 0.05) is 22.3 Å². The van der Waals surface area contributed by atoms with E-state index in [4.69, 9.17) is 4.74 Å². The smallest absolute Gasteiger partial charge is 0.246 e. The molecule has 1 aliphatic heterocycles. The number of hydrogen-bond acceptors (Lipinski definition) is 3. The molecule has 1 amide bonds. The fourth-order valence-corrected chi connectivity index (χ4v) is 2.44. The van der Waals surface area contributed by atoms with E-state index in [0.29, 0.717) is 6.61 Å². The van der Waals surface area contributed by atoms with Crippen molar-refractivity contribution in [2.24, 2.45) is 0 Å². The number of benzene rings is 1. The molecule has 0 spiro atoms. The number of carbonyl (C=O) groups is 1. The van der Waals surface area contributed by atoms with Gasteiger partial charge in [-0.1, -0.05) is 22.0 Å². The summed E-state index contributed by atoms with van der Waals surface area (Å²) in [4.78, 5) is 11.9. The summed E-state index contributed by atoms with van der Waals surface area (Å²) >= 11 is 3.40. The minimum absolute atomic E-state index is 0.0119. The van der Waals surface area contributed by atoms with Crippen molar-refractivity contribution in [1.82, 2.24) is 5.32 Å². The molecule has 0 aliphatic carbocycles. The van der Waals surface area contributed by atoms with Crippen molar-refractivity contribution in [1.29, 1.82) is 0 Å². The molecule has 0 bridgehead atoms. The number of ether oxygens (including phenoxy) is 1. The predicted molar refractivity (Wildman–Crippen MR) is 79.2 cm³/mol. The van der Waals surface area contributed by atoms with Gasteiger partial charge in [0.05, 0.1) is 6.10 Å². The zero-order valence-electron chi connectivity index (χ0n) is 11.2. The van der Waals surface area contributed by atoms with Gasteiger partial charge in [-0.25, -0.2) is 0 Å². The van der Waals surface area contributed by atoms with Crippen LogP contribution in [0.4, 0.5) is 5.69 Å². The second-order valence-corrected chi connectivity index (χ2v) is 5.80. The lowest BCUT2D eigenvalue weighted by Crippen LogP contribution is -2.29. The van der Waals surface area contributed by atoms with Crippen LogP contribution >= 0.6 is 15.9 Å². The number of nitrogens with one attached hydrogen (secondary N) is 2. The van der Waals surface area contributed by atoms with E-state index in [0.717, 1.165) is 28.7 Å². The molecule has 104 valence electrons. The molecule has 1 unspecified atom stereocenters. The van der Waals surface area contributed by atoms with E-state index in [9.17, 15) is 4.79 Å². The van der Waals surface area contributed by atoms with Crippen LogP contribution in [0.1, 0.15) is 31.9 Å². The molecule has 1 aliphatic rings. The third kappa shape index (κ3) is 3.78. The van der Waals surface area contributed by atoms with Crippen molar-refractivity contribution in [3.8, 4) is 0 Å². The molecule has 1 aromatic carbocycles. The zero-order valence-corrected chi connectivity index (χ0v) is 12.8. The third-order valence-corrected chi connectivity index (χ3v) is 3.46. The maximum Gasteiger partial charge on any atom is 0.246 e. The molecule has 1 aromatic rings. The summed E-state index contributed by atoms with van der Waals surface area (Å²) in [5.74, 6) is 0.0119. The molecule has 19 heavy (non-hydrogen) atoms. The Kier molecular flexibility index (Phi) is 4.96. The Balaban J connectivity index is 1.86. The highest BCUT2D eigenvalue weighted by Crippen LogP contribution is 2.32. The molecule has 0 fully saturated rings. The van der Waals surface area contributed by atoms with E-state index in [2.05, 4.69) is 26.6 Å². The van der Waals surface area contributed by atoms with E-state index >= 15 is 0 Å². The molecule has 0 radical (unpaired) electrons. The fraction of sp³-hybridized carbons (Fsp3) is 0.500. The molecule has 4 nitrogen and oxygen atoms in total. The van der Waals surface area contributed by atoms with Crippen LogP contribution in [0.15, 0.2) is 22.7 Å². The Morgan fingerprint density at radius 3 is 3.00 bits per heavy atom. The number of carbonyl (C=O) groups excluding carboxylic acids is 1. The van der Waals surface area contributed by atoms with Crippen molar-refractivity contribution in [2.75, 3.05) is 18.5 Å². The molecule has 0 saturated heterocycles. The minimum Gasteiger partial charge on any atom is -0.379 e. The minimum atomic E-state index is -0.248. The van der Waals surface area contributed by atoms with Crippen molar-refractivity contribution in [3.05, 3.63) is 28.2 Å². The second-order valence-electron chi connectivity index (χ2n) is 4.88. The topological polar surface area (TPSA) is 50.4 Å². The van der Waals surface area contributed by atoms with E-state index in [-0.39, 0.29) is 18.1 Å². The van der Waals surface area contributed by atoms with E-state index in [1.54, 1.807) is 0 Å². The highest BCUT2D eigenvalue weighted by atomic mass is 79.9. The van der Waals surface area contributed by atoms with Crippen LogP contribution in [-0.4, -0.2) is 25.2 Å². The maximum atomic E-state index is 11.9. The summed E-state index contributed by atoms with van der Waals surface area (Å²) in [6.07, 6.45) is 1.15. The van der Waals surface area contributed by atoms with E-state index in [1.807, 2.05) is 32.0 Å². The highest BCUT2D eigenvalue weighted by Gasteiger charge is 2.29. The molecule has 1 heterocycles. The van der Waals surface area contributed by atoms with Crippen molar-refractivity contribution < 1.29 is 9.53 Å². The van der Waals surface area contributed by atoms with Crippen LogP contribution in [0, 0.1) is 0 Å². The molecule has 2 rings (SSSR count). The van der Waals surface area contributed by atoms with Crippen molar-refractivity contribution in [3.63, 3.8) is 0 Å². The first-order valence-corrected chi connectivity index (χ1v) is 7.32. The van der Waals surface area contributed by atoms with Crippen LogP contribution in [-0.2, 0) is 9.53 Å². The number of halogens is 1. The van der Waals surface area contributed by atoms with Gasteiger partial charge in [-0.15, -0.1) is 0 Å². The quantitative estimate of drug-likeness (QED) is 0.790. The average Bonchev–Trinajstić information content (AvgIpc) is 2.64. The Morgan fingerprint density at radius 1 is 1.47 bits per heavy atom. The van der Waals surface area contributed by atoms with Crippen LogP contribution in [0.2, 0.25) is 0 Å². The number of hydrogen-bond donors (Lipinski definition) is 2. The lowest BCUT2D eigenvalue weighted by molar-refractivity contribution is -0.117. The molecule has 1 atom stereocenters. The van der Waals surface area contributed by atoms with Crippen LogP contribution in [0.3, 0.4) is 0 Å². The van der Waals surface area contributed by atoms with Gasteiger partial charge in [0.25, 0.3) is 0 Å². The Bertz CT molecular complexity index is 463. The summed E-state index contributed by atoms with van der Waals surface area (Å²) in [6.45, 7) is 5.52. The monoisotopic (exact) mass is 326 g/mol. The van der Waals surface area contributed by atoms with Crippen molar-refractivity contribution in [2.45, 2.75) is 32.4 Å². The summed E-state index contributed by atoms with van der Waals surface area (Å²) in [5.41, 5.74) is 1.90. The summed E-state index contributed by atoms with van der Waals surface area (Å²) in [5, 5.41) is 6.16. The van der Waals surface area contributed by atoms with E-state index < -0.39 is 0 Å². The molecular formula is C14H19BrN2O2. The lowest BCUT2D eigenvalue weighted by Gasteiger charge is -2.12. The first-order valence-electron chi connectivity index (χ1n) is 6.53. The highest BCUT2D eigenvalue weighted by molar-refractivity contribution is 9.10. The van der Waals surface area contributed by atoms with Gasteiger partial charge in [0.1, 0.15) is 6.04 Å². The Hall–Kier alpha value is -0.910. The average molecular weight is 327 g/mol. The molecule has 5 heteroatoms. The number of anilines is 1. The largest absolute Gasteiger partial charge is 0.379 e. The van der Waals surface area contributed by atoms with Gasteiger partial charge in [-0.05, 0) is 38.9 Å². The summed E-state index contributed by atoms with van der Waals surface area (Å²) in [7, 11) is 0. The van der Waals surface area contributed by atoms with Gasteiger partial charge in [-0.2, -0.15) is 0 Å². The van der Waals surface area contributed by atoms with E-state index in [1.165, 1.54) is 0 Å². The summed E-state index contributed by atoms with van der Waals surface area (Å²) in [6, 6.07) is 5.61. The van der Waals surface area contributed by atoms with Crippen LogP contribution in [0.25, 0.3) is 0 Å². The van der Waals surface area contributed by atoms with Gasteiger partial charge in [-0.3, -0.25) is 4.79 Å². The standard InChI is InChI=1S/C14H19BrN2O2/c1-9(2)19-7-3-6-16-13-11-5-4-10(15)8-12(11)17-14(13)18/h4-5,8-9,13,16H,3,6-7H2,1-2H3,(H,17,18). The third-order valence-electron chi connectivity index (χ3n) is 2.97. The van der Waals surface area contributed by atoms with Crippen LogP contribution in [0.5, 0.6) is 0 Å². The summed E-state index contributed by atoms with van der Waals surface area (Å²) < 4.78 is 6.44. The lowest BCUT2D eigenvalue weighted by atomic mass is 10.1. The van der Waals surface area contributed by atoms with Gasteiger partial charge < -0.3 is 15.4 Å². The molecule has 0 aromatic heterocycles. The SMILES string of the molecule is CC(C)OCCCNC1C(=O)Nc2cc(Br)ccc21. The zero-order chi connectivity index (χ0) is 13.8. The van der Waals surface area contributed by atoms with Crippen molar-refractivity contribution >= 4 is 27.5 Å². The first-order chi connectivity index (χ1) is 9.08. The number of fused-ring (bicyclic) bond motifs is 1. The first kappa shape index (κ1) is 14.5. The Morgan fingerprint density at radius 2 is 2.26 bits per heavy atom. The molecular weight excluding hydrogens is 308 g/mol. The van der Waals surface area contributed by atoms with Gasteiger partial charge in [0.15, 0.2) is 0 Å². The molecule has 2 N–H and O–H groups in total. The second kappa shape index (κ2) is 6.50. The number of amides is 1. The molecule has 0 saturated carbocycles. The maximum absolute atomic E-state index is 11.9. The van der Waals surface area contributed by atoms with Gasteiger partial charge >= 0.3 is 0 Å². The fourth-order valence-electron chi connectivity index (χ4n) is 2.07. The van der Waals surface area contributed by atoms with Gasteiger partial charge in [0.2, 0.25) is 5.91 Å². The van der Waals surface area contributed by atoms with Crippen LogP contribution < -0.4 is 10.6 Å². The Labute approximate surface area is 122 Å². The normalized spacial score (nSPS) is 17.7. The number of rotatable bonds is 6.